The van der Waals surface area contributed by atoms with Gasteiger partial charge in [-0.05, 0) is 26.8 Å². The van der Waals surface area contributed by atoms with Crippen LogP contribution in [-0.4, -0.2) is 17.0 Å². The highest BCUT2D eigenvalue weighted by atomic mass is 15.0. The van der Waals surface area contributed by atoms with Gasteiger partial charge in [0.1, 0.15) is 5.82 Å². The SMILES string of the molecule is C=C(C)CCC(NC)c1ncc[nH]1. The first-order chi connectivity index (χ1) is 6.24. The lowest BCUT2D eigenvalue weighted by molar-refractivity contribution is 0.524. The Labute approximate surface area is 79.3 Å². The minimum Gasteiger partial charge on any atom is -0.347 e. The molecule has 0 amide bonds. The van der Waals surface area contributed by atoms with Crippen molar-refractivity contribution in [1.29, 1.82) is 0 Å². The van der Waals surface area contributed by atoms with Gasteiger partial charge in [0.15, 0.2) is 0 Å². The van der Waals surface area contributed by atoms with Crippen LogP contribution >= 0.6 is 0 Å². The number of imidazole rings is 1. The third-order valence-electron chi connectivity index (χ3n) is 2.06. The smallest absolute Gasteiger partial charge is 0.123 e. The van der Waals surface area contributed by atoms with E-state index in [-0.39, 0.29) is 0 Å². The van der Waals surface area contributed by atoms with Crippen LogP contribution in [0.25, 0.3) is 0 Å². The summed E-state index contributed by atoms with van der Waals surface area (Å²) in [4.78, 5) is 7.33. The molecule has 0 radical (unpaired) electrons. The minimum absolute atomic E-state index is 0.312. The molecule has 2 N–H and O–H groups in total. The van der Waals surface area contributed by atoms with Crippen LogP contribution < -0.4 is 5.32 Å². The predicted molar refractivity (Wildman–Crippen MR) is 54.4 cm³/mol. The quantitative estimate of drug-likeness (QED) is 0.679. The topological polar surface area (TPSA) is 40.7 Å². The molecular weight excluding hydrogens is 162 g/mol. The number of aromatic amines is 1. The molecule has 1 atom stereocenters. The Morgan fingerprint density at radius 3 is 3.00 bits per heavy atom. The number of hydrogen-bond donors (Lipinski definition) is 2. The van der Waals surface area contributed by atoms with E-state index in [1.807, 2.05) is 13.2 Å². The fourth-order valence-electron chi connectivity index (χ4n) is 1.28. The molecule has 3 nitrogen and oxygen atoms in total. The van der Waals surface area contributed by atoms with Crippen molar-refractivity contribution in [3.63, 3.8) is 0 Å². The fraction of sp³-hybridized carbons (Fsp3) is 0.500. The van der Waals surface area contributed by atoms with Crippen LogP contribution in [0.4, 0.5) is 0 Å². The Balaban J connectivity index is 2.49. The molecule has 72 valence electrons. The van der Waals surface area contributed by atoms with Gasteiger partial charge in [0.2, 0.25) is 0 Å². The second-order valence-corrected chi connectivity index (χ2v) is 3.31. The first-order valence-electron chi connectivity index (χ1n) is 4.55. The van der Waals surface area contributed by atoms with Crippen molar-refractivity contribution < 1.29 is 0 Å². The van der Waals surface area contributed by atoms with Gasteiger partial charge in [-0.2, -0.15) is 0 Å². The van der Waals surface area contributed by atoms with Gasteiger partial charge in [-0.3, -0.25) is 0 Å². The summed E-state index contributed by atoms with van der Waals surface area (Å²) in [6.07, 6.45) is 5.70. The number of allylic oxidation sites excluding steroid dienone is 1. The maximum atomic E-state index is 4.22. The Bertz CT molecular complexity index is 251. The Hall–Kier alpha value is -1.09. The van der Waals surface area contributed by atoms with Gasteiger partial charge < -0.3 is 10.3 Å². The largest absolute Gasteiger partial charge is 0.347 e. The van der Waals surface area contributed by atoms with Crippen molar-refractivity contribution in [2.24, 2.45) is 0 Å². The Morgan fingerprint density at radius 2 is 2.54 bits per heavy atom. The van der Waals surface area contributed by atoms with Crippen LogP contribution in [-0.2, 0) is 0 Å². The van der Waals surface area contributed by atoms with E-state index >= 15 is 0 Å². The van der Waals surface area contributed by atoms with Crippen molar-refractivity contribution in [3.05, 3.63) is 30.4 Å². The number of H-pyrrole nitrogens is 1. The zero-order valence-corrected chi connectivity index (χ0v) is 8.30. The van der Waals surface area contributed by atoms with Crippen LogP contribution in [0.5, 0.6) is 0 Å². The van der Waals surface area contributed by atoms with Gasteiger partial charge in [-0.15, -0.1) is 6.58 Å². The van der Waals surface area contributed by atoms with E-state index in [0.717, 1.165) is 18.7 Å². The molecule has 0 fully saturated rings. The molecule has 1 heterocycles. The normalized spacial score (nSPS) is 12.8. The van der Waals surface area contributed by atoms with Crippen molar-refractivity contribution in [2.45, 2.75) is 25.8 Å². The van der Waals surface area contributed by atoms with Gasteiger partial charge in [0.25, 0.3) is 0 Å². The highest BCUT2D eigenvalue weighted by Crippen LogP contribution is 2.15. The third kappa shape index (κ3) is 3.03. The standard InChI is InChI=1S/C10H17N3/c1-8(2)4-5-9(11-3)10-12-6-7-13-10/h6-7,9,11H,1,4-5H2,2-3H3,(H,12,13). The third-order valence-corrected chi connectivity index (χ3v) is 2.06. The van der Waals surface area contributed by atoms with Crippen LogP contribution in [0.3, 0.4) is 0 Å². The lowest BCUT2D eigenvalue weighted by atomic mass is 10.1. The molecule has 1 aromatic heterocycles. The first-order valence-corrected chi connectivity index (χ1v) is 4.55. The van der Waals surface area contributed by atoms with E-state index in [1.54, 1.807) is 6.20 Å². The van der Waals surface area contributed by atoms with E-state index in [4.69, 9.17) is 0 Å². The first kappa shape index (κ1) is 9.99. The number of aromatic nitrogens is 2. The predicted octanol–water partition coefficient (Wildman–Crippen LogP) is 2.03. The summed E-state index contributed by atoms with van der Waals surface area (Å²) in [6.45, 7) is 5.93. The molecule has 0 saturated carbocycles. The van der Waals surface area contributed by atoms with Crippen molar-refractivity contribution in [3.8, 4) is 0 Å². The van der Waals surface area contributed by atoms with E-state index in [2.05, 4.69) is 28.8 Å². The lowest BCUT2D eigenvalue weighted by Crippen LogP contribution is -2.17. The molecule has 0 aliphatic rings. The van der Waals surface area contributed by atoms with Gasteiger partial charge in [0, 0.05) is 12.4 Å². The van der Waals surface area contributed by atoms with Crippen LogP contribution in [0.1, 0.15) is 31.6 Å². The number of nitrogens with one attached hydrogen (secondary N) is 2. The van der Waals surface area contributed by atoms with E-state index in [9.17, 15) is 0 Å². The number of nitrogens with zero attached hydrogens (tertiary/aromatic N) is 1. The van der Waals surface area contributed by atoms with E-state index in [1.165, 1.54) is 5.57 Å². The molecule has 3 heteroatoms. The molecule has 1 aromatic rings. The average Bonchev–Trinajstić information content (AvgIpc) is 2.58. The van der Waals surface area contributed by atoms with E-state index in [0.29, 0.717) is 6.04 Å². The molecular formula is C10H17N3. The molecule has 0 aromatic carbocycles. The van der Waals surface area contributed by atoms with E-state index < -0.39 is 0 Å². The van der Waals surface area contributed by atoms with Crippen molar-refractivity contribution >= 4 is 0 Å². The van der Waals surface area contributed by atoms with Gasteiger partial charge in [-0.25, -0.2) is 4.98 Å². The maximum Gasteiger partial charge on any atom is 0.123 e. The van der Waals surface area contributed by atoms with Gasteiger partial charge in [0.05, 0.1) is 6.04 Å². The summed E-state index contributed by atoms with van der Waals surface area (Å²) in [5, 5.41) is 3.22. The highest BCUT2D eigenvalue weighted by Gasteiger charge is 2.10. The van der Waals surface area contributed by atoms with Crippen molar-refractivity contribution in [1.82, 2.24) is 15.3 Å². The average molecular weight is 179 g/mol. The molecule has 0 aliphatic carbocycles. The second kappa shape index (κ2) is 4.82. The summed E-state index contributed by atoms with van der Waals surface area (Å²) < 4.78 is 0. The van der Waals surface area contributed by atoms with Gasteiger partial charge in [-0.1, -0.05) is 5.57 Å². The van der Waals surface area contributed by atoms with Gasteiger partial charge >= 0.3 is 0 Å². The minimum atomic E-state index is 0.312. The van der Waals surface area contributed by atoms with Crippen LogP contribution in [0.15, 0.2) is 24.5 Å². The highest BCUT2D eigenvalue weighted by molar-refractivity contribution is 4.98. The molecule has 1 unspecified atom stereocenters. The lowest BCUT2D eigenvalue weighted by Gasteiger charge is -2.12. The Morgan fingerprint density at radius 1 is 1.77 bits per heavy atom. The summed E-state index contributed by atoms with van der Waals surface area (Å²) in [7, 11) is 1.95. The maximum absolute atomic E-state index is 4.22. The number of hydrogen-bond acceptors (Lipinski definition) is 2. The zero-order chi connectivity index (χ0) is 9.68. The summed E-state index contributed by atoms with van der Waals surface area (Å²) >= 11 is 0. The monoisotopic (exact) mass is 179 g/mol. The number of rotatable bonds is 5. The summed E-state index contributed by atoms with van der Waals surface area (Å²) in [5.74, 6) is 1.00. The molecule has 0 spiro atoms. The van der Waals surface area contributed by atoms with Crippen LogP contribution in [0.2, 0.25) is 0 Å². The molecule has 0 bridgehead atoms. The van der Waals surface area contributed by atoms with Crippen molar-refractivity contribution in [2.75, 3.05) is 7.05 Å². The molecule has 0 aliphatic heterocycles. The fourth-order valence-corrected chi connectivity index (χ4v) is 1.28. The Kier molecular flexibility index (Phi) is 3.71. The summed E-state index contributed by atoms with van der Waals surface area (Å²) in [6, 6.07) is 0.312. The molecule has 1 rings (SSSR count). The molecule has 0 saturated heterocycles. The zero-order valence-electron chi connectivity index (χ0n) is 8.30. The summed E-state index contributed by atoms with van der Waals surface area (Å²) in [5.41, 5.74) is 1.21. The van der Waals surface area contributed by atoms with Crippen LogP contribution in [0, 0.1) is 0 Å². The molecule has 13 heavy (non-hydrogen) atoms. The second-order valence-electron chi connectivity index (χ2n) is 3.31.